The molecule has 1 aliphatic rings. The third-order valence-electron chi connectivity index (χ3n) is 3.87. The normalized spacial score (nSPS) is 21.1. The van der Waals surface area contributed by atoms with Crippen LogP contribution in [0.1, 0.15) is 31.2 Å². The van der Waals surface area contributed by atoms with Crippen LogP contribution in [0.5, 0.6) is 0 Å². The second-order valence-corrected chi connectivity index (χ2v) is 5.44. The van der Waals surface area contributed by atoms with E-state index in [1.54, 1.807) is 0 Å². The molecule has 0 saturated heterocycles. The zero-order valence-corrected chi connectivity index (χ0v) is 13.1. The van der Waals surface area contributed by atoms with Gasteiger partial charge >= 0.3 is 0 Å². The van der Waals surface area contributed by atoms with Gasteiger partial charge in [0.05, 0.1) is 0 Å². The van der Waals surface area contributed by atoms with E-state index in [4.69, 9.17) is 4.74 Å². The molecular formula is C17H27N3O. The van der Waals surface area contributed by atoms with Gasteiger partial charge in [-0.25, -0.2) is 0 Å². The van der Waals surface area contributed by atoms with Crippen molar-refractivity contribution in [2.45, 2.75) is 25.7 Å². The molecule has 0 spiro atoms. The van der Waals surface area contributed by atoms with Crippen LogP contribution in [0.2, 0.25) is 0 Å². The van der Waals surface area contributed by atoms with E-state index < -0.39 is 0 Å². The van der Waals surface area contributed by atoms with Crippen molar-refractivity contribution in [3.8, 4) is 0 Å². The van der Waals surface area contributed by atoms with Gasteiger partial charge in [0, 0.05) is 33.4 Å². The Morgan fingerprint density at radius 2 is 2.10 bits per heavy atom. The highest BCUT2D eigenvalue weighted by atomic mass is 16.5. The molecule has 4 nitrogen and oxygen atoms in total. The molecule has 0 radical (unpaired) electrons. The van der Waals surface area contributed by atoms with Crippen molar-refractivity contribution >= 4 is 5.96 Å². The maximum atomic E-state index is 5.32. The number of nitrogens with zero attached hydrogens (tertiary/aromatic N) is 1. The Kier molecular flexibility index (Phi) is 6.54. The van der Waals surface area contributed by atoms with Crippen LogP contribution in [0.4, 0.5) is 0 Å². The molecule has 116 valence electrons. The summed E-state index contributed by atoms with van der Waals surface area (Å²) in [5.41, 5.74) is 1.46. The van der Waals surface area contributed by atoms with Crippen LogP contribution in [-0.2, 0) is 4.74 Å². The Balaban J connectivity index is 1.61. The highest BCUT2D eigenvalue weighted by Gasteiger charge is 2.37. The highest BCUT2D eigenvalue weighted by molar-refractivity contribution is 5.79. The number of aliphatic imine (C=N–C) groups is 1. The minimum Gasteiger partial charge on any atom is -0.382 e. The molecular weight excluding hydrogens is 262 g/mol. The Bertz CT molecular complexity index is 433. The third kappa shape index (κ3) is 5.38. The van der Waals surface area contributed by atoms with Crippen LogP contribution in [0.15, 0.2) is 35.3 Å². The number of ether oxygens (including phenoxy) is 1. The summed E-state index contributed by atoms with van der Waals surface area (Å²) in [6.45, 7) is 5.50. The lowest BCUT2D eigenvalue weighted by molar-refractivity contribution is 0.145. The first-order valence-corrected chi connectivity index (χ1v) is 7.92. The van der Waals surface area contributed by atoms with Crippen molar-refractivity contribution in [2.75, 3.05) is 33.4 Å². The Morgan fingerprint density at radius 3 is 2.81 bits per heavy atom. The predicted molar refractivity (Wildman–Crippen MR) is 87.8 cm³/mol. The molecule has 1 aliphatic carbocycles. The summed E-state index contributed by atoms with van der Waals surface area (Å²) in [5, 5.41) is 6.75. The predicted octanol–water partition coefficient (Wildman–Crippen LogP) is 2.38. The van der Waals surface area contributed by atoms with Gasteiger partial charge in [-0.05, 0) is 37.2 Å². The second kappa shape index (κ2) is 8.67. The molecule has 21 heavy (non-hydrogen) atoms. The van der Waals surface area contributed by atoms with Gasteiger partial charge in [-0.1, -0.05) is 30.3 Å². The average molecular weight is 289 g/mol. The number of guanidine groups is 1. The number of benzene rings is 1. The fraction of sp³-hybridized carbons (Fsp3) is 0.588. The molecule has 0 heterocycles. The summed E-state index contributed by atoms with van der Waals surface area (Å²) in [6, 6.07) is 10.8. The lowest BCUT2D eigenvalue weighted by Gasteiger charge is -2.11. The van der Waals surface area contributed by atoms with Gasteiger partial charge in [0.2, 0.25) is 0 Å². The molecule has 4 heteroatoms. The Hall–Kier alpha value is -1.55. The highest BCUT2D eigenvalue weighted by Crippen LogP contribution is 2.46. The molecule has 2 rings (SSSR count). The minimum atomic E-state index is 0.717. The third-order valence-corrected chi connectivity index (χ3v) is 3.87. The maximum Gasteiger partial charge on any atom is 0.190 e. The molecule has 2 atom stereocenters. The summed E-state index contributed by atoms with van der Waals surface area (Å²) >= 11 is 0. The van der Waals surface area contributed by atoms with Crippen molar-refractivity contribution in [2.24, 2.45) is 10.9 Å². The molecule has 0 amide bonds. The molecule has 1 aromatic rings. The standard InChI is InChI=1S/C17H27N3O/c1-3-21-11-7-10-19-17(18-2)20-13-15-12-16(15)14-8-5-4-6-9-14/h4-6,8-9,15-16H,3,7,10-13H2,1-2H3,(H2,18,19,20). The molecule has 0 bridgehead atoms. The fourth-order valence-electron chi connectivity index (χ4n) is 2.56. The van der Waals surface area contributed by atoms with Gasteiger partial charge < -0.3 is 15.4 Å². The maximum absolute atomic E-state index is 5.32. The topological polar surface area (TPSA) is 45.6 Å². The smallest absolute Gasteiger partial charge is 0.190 e. The molecule has 0 aliphatic heterocycles. The van der Waals surface area contributed by atoms with Crippen molar-refractivity contribution < 1.29 is 4.74 Å². The van der Waals surface area contributed by atoms with Gasteiger partial charge in [-0.15, -0.1) is 0 Å². The van der Waals surface area contributed by atoms with Crippen LogP contribution in [-0.4, -0.2) is 39.3 Å². The molecule has 1 aromatic carbocycles. The fourth-order valence-corrected chi connectivity index (χ4v) is 2.56. The van der Waals surface area contributed by atoms with E-state index in [0.29, 0.717) is 0 Å². The van der Waals surface area contributed by atoms with E-state index in [1.807, 2.05) is 14.0 Å². The van der Waals surface area contributed by atoms with Gasteiger partial charge in [-0.3, -0.25) is 4.99 Å². The zero-order chi connectivity index (χ0) is 14.9. The van der Waals surface area contributed by atoms with Crippen molar-refractivity contribution in [3.05, 3.63) is 35.9 Å². The molecule has 1 saturated carbocycles. The number of nitrogens with one attached hydrogen (secondary N) is 2. The van der Waals surface area contributed by atoms with E-state index >= 15 is 0 Å². The van der Waals surface area contributed by atoms with Crippen LogP contribution in [0.25, 0.3) is 0 Å². The van der Waals surface area contributed by atoms with E-state index in [2.05, 4.69) is 46.0 Å². The van der Waals surface area contributed by atoms with E-state index in [-0.39, 0.29) is 0 Å². The van der Waals surface area contributed by atoms with E-state index in [1.165, 1.54) is 12.0 Å². The largest absolute Gasteiger partial charge is 0.382 e. The van der Waals surface area contributed by atoms with E-state index in [9.17, 15) is 0 Å². The average Bonchev–Trinajstić information content (AvgIpc) is 3.30. The monoisotopic (exact) mass is 289 g/mol. The van der Waals surface area contributed by atoms with Gasteiger partial charge in [0.25, 0.3) is 0 Å². The SMILES string of the molecule is CCOCCCNC(=NC)NCC1CC1c1ccccc1. The summed E-state index contributed by atoms with van der Waals surface area (Å²) in [6.07, 6.45) is 2.28. The lowest BCUT2D eigenvalue weighted by atomic mass is 10.1. The minimum absolute atomic E-state index is 0.717. The number of hydrogen-bond acceptors (Lipinski definition) is 2. The first-order valence-electron chi connectivity index (χ1n) is 7.92. The number of hydrogen-bond donors (Lipinski definition) is 2. The van der Waals surface area contributed by atoms with Gasteiger partial charge in [-0.2, -0.15) is 0 Å². The van der Waals surface area contributed by atoms with Crippen LogP contribution in [0, 0.1) is 5.92 Å². The summed E-state index contributed by atoms with van der Waals surface area (Å²) < 4.78 is 5.32. The van der Waals surface area contributed by atoms with Crippen molar-refractivity contribution in [3.63, 3.8) is 0 Å². The number of rotatable bonds is 8. The van der Waals surface area contributed by atoms with Crippen LogP contribution >= 0.6 is 0 Å². The van der Waals surface area contributed by atoms with Crippen molar-refractivity contribution in [1.82, 2.24) is 10.6 Å². The zero-order valence-electron chi connectivity index (χ0n) is 13.1. The van der Waals surface area contributed by atoms with Crippen molar-refractivity contribution in [1.29, 1.82) is 0 Å². The molecule has 0 aromatic heterocycles. The summed E-state index contributed by atoms with van der Waals surface area (Å²) in [4.78, 5) is 4.26. The lowest BCUT2D eigenvalue weighted by Crippen LogP contribution is -2.39. The van der Waals surface area contributed by atoms with Gasteiger partial charge in [0.15, 0.2) is 5.96 Å². The van der Waals surface area contributed by atoms with Crippen LogP contribution in [0.3, 0.4) is 0 Å². The van der Waals surface area contributed by atoms with Gasteiger partial charge in [0.1, 0.15) is 0 Å². The quantitative estimate of drug-likeness (QED) is 0.439. The first-order chi connectivity index (χ1) is 10.3. The molecule has 1 fully saturated rings. The van der Waals surface area contributed by atoms with E-state index in [0.717, 1.165) is 50.5 Å². The Labute approximate surface area is 128 Å². The Morgan fingerprint density at radius 1 is 1.29 bits per heavy atom. The molecule has 2 unspecified atom stereocenters. The second-order valence-electron chi connectivity index (χ2n) is 5.44. The molecule has 2 N–H and O–H groups in total. The summed E-state index contributed by atoms with van der Waals surface area (Å²) in [5.74, 6) is 2.34. The first kappa shape index (κ1) is 15.8. The summed E-state index contributed by atoms with van der Waals surface area (Å²) in [7, 11) is 1.82. The van der Waals surface area contributed by atoms with Crippen LogP contribution < -0.4 is 10.6 Å².